The fourth-order valence-corrected chi connectivity index (χ4v) is 1.99. The number of nitrogens with two attached hydrogens (primary N) is 1. The summed E-state index contributed by atoms with van der Waals surface area (Å²) in [5.41, 5.74) is 7.12. The summed E-state index contributed by atoms with van der Waals surface area (Å²) in [5, 5.41) is 18.0. The molecule has 0 radical (unpaired) electrons. The second-order valence-electron chi connectivity index (χ2n) is 3.71. The van der Waals surface area contributed by atoms with Crippen LogP contribution in [-0.2, 0) is 0 Å². The maximum absolute atomic E-state index is 12.0. The van der Waals surface area contributed by atoms with Crippen LogP contribution in [-0.4, -0.2) is 26.5 Å². The maximum Gasteiger partial charge on any atom is 0.269 e. The number of oxime groups is 1. The number of carbonyl (C=O) groups excluding carboxylic acids is 1. The number of carbonyl (C=O) groups is 1. The molecule has 0 fully saturated rings. The van der Waals surface area contributed by atoms with Crippen LogP contribution in [0, 0.1) is 6.92 Å². The zero-order valence-electron chi connectivity index (χ0n) is 9.99. The quantitative estimate of drug-likeness (QED) is 0.337. The molecule has 0 saturated heterocycles. The Labute approximate surface area is 112 Å². The Bertz CT molecular complexity index is 638. The van der Waals surface area contributed by atoms with Crippen molar-refractivity contribution in [3.8, 4) is 0 Å². The van der Waals surface area contributed by atoms with Gasteiger partial charge in [0, 0.05) is 11.3 Å². The van der Waals surface area contributed by atoms with Gasteiger partial charge in [0.05, 0.1) is 5.69 Å². The number of amides is 1. The van der Waals surface area contributed by atoms with E-state index in [1.807, 2.05) is 0 Å². The Morgan fingerprint density at radius 1 is 1.53 bits per heavy atom. The summed E-state index contributed by atoms with van der Waals surface area (Å²) in [4.78, 5) is 12.4. The number of aromatic nitrogens is 2. The van der Waals surface area contributed by atoms with E-state index >= 15 is 0 Å². The van der Waals surface area contributed by atoms with Gasteiger partial charge in [0.15, 0.2) is 5.84 Å². The molecule has 0 bridgehead atoms. The summed E-state index contributed by atoms with van der Waals surface area (Å²) in [6.45, 7) is 1.71. The lowest BCUT2D eigenvalue weighted by Gasteiger charge is -2.05. The van der Waals surface area contributed by atoms with Gasteiger partial charge in [-0.1, -0.05) is 21.8 Å². The lowest BCUT2D eigenvalue weighted by molar-refractivity contribution is 0.103. The van der Waals surface area contributed by atoms with E-state index in [1.54, 1.807) is 31.2 Å². The first-order valence-corrected chi connectivity index (χ1v) is 6.07. The molecule has 1 aromatic carbocycles. The maximum atomic E-state index is 12.0. The summed E-state index contributed by atoms with van der Waals surface area (Å²) in [6, 6.07) is 6.68. The van der Waals surface area contributed by atoms with E-state index in [0.717, 1.165) is 11.5 Å². The number of amidine groups is 1. The van der Waals surface area contributed by atoms with Crippen LogP contribution in [0.4, 0.5) is 5.69 Å². The van der Waals surface area contributed by atoms with Crippen molar-refractivity contribution in [2.75, 3.05) is 5.32 Å². The first-order chi connectivity index (χ1) is 9.11. The highest BCUT2D eigenvalue weighted by Crippen LogP contribution is 2.15. The van der Waals surface area contributed by atoms with E-state index in [9.17, 15) is 4.79 Å². The minimum Gasteiger partial charge on any atom is -0.409 e. The monoisotopic (exact) mass is 277 g/mol. The van der Waals surface area contributed by atoms with Crippen LogP contribution in [0.1, 0.15) is 20.9 Å². The van der Waals surface area contributed by atoms with Crippen LogP contribution in [0.3, 0.4) is 0 Å². The van der Waals surface area contributed by atoms with Gasteiger partial charge in [-0.15, -0.1) is 5.10 Å². The van der Waals surface area contributed by atoms with Crippen molar-refractivity contribution in [2.45, 2.75) is 6.92 Å². The van der Waals surface area contributed by atoms with Crippen molar-refractivity contribution in [3.63, 3.8) is 0 Å². The molecule has 98 valence electrons. The van der Waals surface area contributed by atoms with Crippen molar-refractivity contribution in [2.24, 2.45) is 10.9 Å². The van der Waals surface area contributed by atoms with Crippen molar-refractivity contribution in [3.05, 3.63) is 40.4 Å². The number of rotatable bonds is 3. The summed E-state index contributed by atoms with van der Waals surface area (Å²) >= 11 is 1.03. The molecule has 1 aromatic heterocycles. The molecule has 1 amide bonds. The zero-order chi connectivity index (χ0) is 13.8. The second kappa shape index (κ2) is 5.44. The molecular weight excluding hydrogens is 266 g/mol. The molecule has 0 aliphatic carbocycles. The number of nitrogens with one attached hydrogen (secondary N) is 1. The SMILES string of the molecule is Cc1nnsc1C(=O)Nc1cccc(C(N)=NO)c1. The summed E-state index contributed by atoms with van der Waals surface area (Å²) in [5.74, 6) is -0.309. The summed E-state index contributed by atoms with van der Waals surface area (Å²) in [6.07, 6.45) is 0. The van der Waals surface area contributed by atoms with Crippen LogP contribution in [0.5, 0.6) is 0 Å². The smallest absolute Gasteiger partial charge is 0.269 e. The highest BCUT2D eigenvalue weighted by molar-refractivity contribution is 7.08. The molecular formula is C11H11N5O2S. The third-order valence-electron chi connectivity index (χ3n) is 2.38. The fraction of sp³-hybridized carbons (Fsp3) is 0.0909. The average Bonchev–Trinajstić information content (AvgIpc) is 2.84. The fourth-order valence-electron chi connectivity index (χ4n) is 1.44. The Morgan fingerprint density at radius 2 is 2.32 bits per heavy atom. The van der Waals surface area contributed by atoms with E-state index in [1.165, 1.54) is 0 Å². The molecule has 0 unspecified atom stereocenters. The molecule has 0 spiro atoms. The molecule has 2 rings (SSSR count). The summed E-state index contributed by atoms with van der Waals surface area (Å²) in [7, 11) is 0. The van der Waals surface area contributed by atoms with Crippen molar-refractivity contribution in [1.29, 1.82) is 0 Å². The molecule has 8 heteroatoms. The van der Waals surface area contributed by atoms with Crippen LogP contribution in [0.25, 0.3) is 0 Å². The first kappa shape index (κ1) is 13.0. The van der Waals surface area contributed by atoms with E-state index in [0.29, 0.717) is 21.8 Å². The van der Waals surface area contributed by atoms with Crippen LogP contribution in [0.2, 0.25) is 0 Å². The minimum atomic E-state index is -0.288. The van der Waals surface area contributed by atoms with Gasteiger partial charge in [-0.3, -0.25) is 4.79 Å². The van der Waals surface area contributed by atoms with Crippen LogP contribution in [0.15, 0.2) is 29.4 Å². The van der Waals surface area contributed by atoms with Gasteiger partial charge in [-0.05, 0) is 30.6 Å². The summed E-state index contributed by atoms with van der Waals surface area (Å²) < 4.78 is 3.70. The normalized spacial score (nSPS) is 11.3. The number of benzene rings is 1. The molecule has 0 aliphatic rings. The first-order valence-electron chi connectivity index (χ1n) is 5.30. The van der Waals surface area contributed by atoms with E-state index in [2.05, 4.69) is 20.1 Å². The second-order valence-corrected chi connectivity index (χ2v) is 4.46. The van der Waals surface area contributed by atoms with Crippen LogP contribution < -0.4 is 11.1 Å². The Kier molecular flexibility index (Phi) is 3.71. The molecule has 0 aliphatic heterocycles. The largest absolute Gasteiger partial charge is 0.409 e. The van der Waals surface area contributed by atoms with Gasteiger partial charge in [0.25, 0.3) is 5.91 Å². The van der Waals surface area contributed by atoms with Gasteiger partial charge < -0.3 is 16.3 Å². The zero-order valence-corrected chi connectivity index (χ0v) is 10.8. The molecule has 0 saturated carbocycles. The minimum absolute atomic E-state index is 0.0215. The number of hydrogen-bond donors (Lipinski definition) is 3. The predicted molar refractivity (Wildman–Crippen MR) is 71.6 cm³/mol. The lowest BCUT2D eigenvalue weighted by atomic mass is 10.2. The number of aryl methyl sites for hydroxylation is 1. The molecule has 2 aromatic rings. The third kappa shape index (κ3) is 2.86. The van der Waals surface area contributed by atoms with Gasteiger partial charge in [0.2, 0.25) is 0 Å². The van der Waals surface area contributed by atoms with Gasteiger partial charge in [-0.25, -0.2) is 0 Å². The van der Waals surface area contributed by atoms with Gasteiger partial charge in [0.1, 0.15) is 4.88 Å². The van der Waals surface area contributed by atoms with Gasteiger partial charge >= 0.3 is 0 Å². The van der Waals surface area contributed by atoms with Crippen molar-refractivity contribution in [1.82, 2.24) is 9.59 Å². The van der Waals surface area contributed by atoms with E-state index in [4.69, 9.17) is 10.9 Å². The molecule has 19 heavy (non-hydrogen) atoms. The number of hydrogen-bond acceptors (Lipinski definition) is 6. The molecule has 1 heterocycles. The number of nitrogens with zero attached hydrogens (tertiary/aromatic N) is 3. The van der Waals surface area contributed by atoms with Crippen molar-refractivity contribution < 1.29 is 10.0 Å². The molecule has 0 atom stereocenters. The average molecular weight is 277 g/mol. The predicted octanol–water partition coefficient (Wildman–Crippen LogP) is 1.19. The highest BCUT2D eigenvalue weighted by Gasteiger charge is 2.13. The van der Waals surface area contributed by atoms with Gasteiger partial charge in [-0.2, -0.15) is 0 Å². The standard InChI is InChI=1S/C11H11N5O2S/c1-6-9(19-16-14-6)11(17)13-8-4-2-3-7(5-8)10(12)15-18/h2-5,18H,1H3,(H2,12,15)(H,13,17). The van der Waals surface area contributed by atoms with E-state index in [-0.39, 0.29) is 11.7 Å². The Morgan fingerprint density at radius 3 is 2.95 bits per heavy atom. The highest BCUT2D eigenvalue weighted by atomic mass is 32.1. The third-order valence-corrected chi connectivity index (χ3v) is 3.21. The molecule has 7 nitrogen and oxygen atoms in total. The van der Waals surface area contributed by atoms with E-state index < -0.39 is 0 Å². The molecule has 4 N–H and O–H groups in total. The van der Waals surface area contributed by atoms with Crippen LogP contribution >= 0.6 is 11.5 Å². The lowest BCUT2D eigenvalue weighted by Crippen LogP contribution is -2.15. The topological polar surface area (TPSA) is 113 Å². The number of anilines is 1. The van der Waals surface area contributed by atoms with Crippen molar-refractivity contribution >= 4 is 29.0 Å². The Hall–Kier alpha value is -2.48. The Balaban J connectivity index is 2.20.